The lowest BCUT2D eigenvalue weighted by Gasteiger charge is -2.56. The number of phenols is 1. The highest BCUT2D eigenvalue weighted by Crippen LogP contribution is 2.54. The van der Waals surface area contributed by atoms with E-state index in [4.69, 9.17) is 0 Å². The van der Waals surface area contributed by atoms with Crippen molar-refractivity contribution in [1.82, 2.24) is 5.32 Å². The fourth-order valence-electron chi connectivity index (χ4n) is 4.72. The zero-order valence-corrected chi connectivity index (χ0v) is 13.1. The van der Waals surface area contributed by atoms with Crippen LogP contribution in [-0.4, -0.2) is 18.2 Å². The minimum Gasteiger partial charge on any atom is -0.508 e. The van der Waals surface area contributed by atoms with Crippen LogP contribution >= 0.6 is 0 Å². The minimum atomic E-state index is 0.116. The summed E-state index contributed by atoms with van der Waals surface area (Å²) in [6, 6.07) is 16.8. The van der Waals surface area contributed by atoms with Gasteiger partial charge in [-0.05, 0) is 60.0 Å². The molecule has 2 nitrogen and oxygen atoms in total. The van der Waals surface area contributed by atoms with Crippen molar-refractivity contribution in [1.29, 1.82) is 0 Å². The molecule has 2 atom stereocenters. The number of aromatic hydroxyl groups is 1. The molecule has 0 unspecified atom stereocenters. The van der Waals surface area contributed by atoms with E-state index in [9.17, 15) is 5.11 Å². The molecule has 1 saturated heterocycles. The van der Waals surface area contributed by atoms with Crippen LogP contribution in [0.5, 0.6) is 5.75 Å². The zero-order chi connectivity index (χ0) is 15.2. The molecule has 2 heteroatoms. The van der Waals surface area contributed by atoms with Crippen molar-refractivity contribution >= 4 is 0 Å². The number of piperidine rings is 1. The first-order valence-corrected chi connectivity index (χ1v) is 8.20. The predicted molar refractivity (Wildman–Crippen MR) is 89.2 cm³/mol. The molecule has 1 aliphatic carbocycles. The molecule has 0 saturated carbocycles. The van der Waals surface area contributed by atoms with Gasteiger partial charge in [-0.15, -0.1) is 0 Å². The average molecular weight is 293 g/mol. The molecule has 1 fully saturated rings. The second kappa shape index (κ2) is 4.85. The molecule has 2 aromatic rings. The Balaban J connectivity index is 1.90. The van der Waals surface area contributed by atoms with E-state index in [-0.39, 0.29) is 10.8 Å². The first kappa shape index (κ1) is 13.8. The van der Waals surface area contributed by atoms with E-state index in [2.05, 4.69) is 42.6 Å². The lowest BCUT2D eigenvalue weighted by molar-refractivity contribution is 0.0769. The predicted octanol–water partition coefficient (Wildman–Crippen LogP) is 3.43. The summed E-state index contributed by atoms with van der Waals surface area (Å²) in [6.45, 7) is 4.50. The Morgan fingerprint density at radius 3 is 2.55 bits per heavy atom. The van der Waals surface area contributed by atoms with Crippen LogP contribution in [0.4, 0.5) is 0 Å². The van der Waals surface area contributed by atoms with Gasteiger partial charge in [0.25, 0.3) is 0 Å². The van der Waals surface area contributed by atoms with Gasteiger partial charge < -0.3 is 10.4 Å². The first-order valence-electron chi connectivity index (χ1n) is 8.20. The summed E-state index contributed by atoms with van der Waals surface area (Å²) in [5.41, 5.74) is 4.57. The van der Waals surface area contributed by atoms with Crippen LogP contribution in [0.1, 0.15) is 30.0 Å². The number of phenolic OH excluding ortho intramolecular Hbond substituents is 1. The van der Waals surface area contributed by atoms with E-state index >= 15 is 0 Å². The SMILES string of the molecule is C[C@]12CNCC[C@@]1(c1cccc(O)c1)Cc1ccccc1C2. The van der Waals surface area contributed by atoms with Gasteiger partial charge in [0.05, 0.1) is 0 Å². The smallest absolute Gasteiger partial charge is 0.115 e. The maximum absolute atomic E-state index is 9.99. The van der Waals surface area contributed by atoms with Gasteiger partial charge in [-0.2, -0.15) is 0 Å². The summed E-state index contributed by atoms with van der Waals surface area (Å²) in [7, 11) is 0. The normalized spacial score (nSPS) is 30.4. The largest absolute Gasteiger partial charge is 0.508 e. The maximum Gasteiger partial charge on any atom is 0.115 e. The third-order valence-corrected chi connectivity index (χ3v) is 5.99. The molecule has 2 aromatic carbocycles. The standard InChI is InChI=1S/C20H23NO/c1-19-12-15-5-2-3-6-16(15)13-20(19,9-10-21-14-19)17-7-4-8-18(22)11-17/h2-8,11,21-22H,9-10,12-14H2,1H3/t19-,20-/m0/s1. The van der Waals surface area contributed by atoms with Crippen molar-refractivity contribution in [3.05, 3.63) is 65.2 Å². The van der Waals surface area contributed by atoms with Crippen molar-refractivity contribution in [2.24, 2.45) is 5.41 Å². The molecule has 0 amide bonds. The van der Waals surface area contributed by atoms with Crippen LogP contribution in [0.15, 0.2) is 48.5 Å². The van der Waals surface area contributed by atoms with Crippen molar-refractivity contribution in [2.45, 2.75) is 31.6 Å². The minimum absolute atomic E-state index is 0.116. The fourth-order valence-corrected chi connectivity index (χ4v) is 4.72. The van der Waals surface area contributed by atoms with Crippen molar-refractivity contribution < 1.29 is 5.11 Å². The van der Waals surface area contributed by atoms with Crippen molar-refractivity contribution in [3.63, 3.8) is 0 Å². The second-order valence-electron chi connectivity index (χ2n) is 7.24. The van der Waals surface area contributed by atoms with Crippen LogP contribution < -0.4 is 5.32 Å². The number of hydrogen-bond acceptors (Lipinski definition) is 2. The fraction of sp³-hybridized carbons (Fsp3) is 0.400. The van der Waals surface area contributed by atoms with E-state index < -0.39 is 0 Å². The van der Waals surface area contributed by atoms with E-state index in [0.717, 1.165) is 32.4 Å². The lowest BCUT2D eigenvalue weighted by atomic mass is 9.50. The van der Waals surface area contributed by atoms with Gasteiger partial charge in [-0.25, -0.2) is 0 Å². The number of hydrogen-bond donors (Lipinski definition) is 2. The summed E-state index contributed by atoms with van der Waals surface area (Å²) in [6.07, 6.45) is 3.30. The number of nitrogens with one attached hydrogen (secondary N) is 1. The molecular weight excluding hydrogens is 270 g/mol. The molecule has 114 valence electrons. The van der Waals surface area contributed by atoms with Crippen molar-refractivity contribution in [2.75, 3.05) is 13.1 Å². The number of benzene rings is 2. The van der Waals surface area contributed by atoms with Gasteiger partial charge >= 0.3 is 0 Å². The molecule has 0 aromatic heterocycles. The van der Waals surface area contributed by atoms with Gasteiger partial charge in [0, 0.05) is 12.0 Å². The van der Waals surface area contributed by atoms with E-state index in [1.54, 1.807) is 6.07 Å². The molecule has 2 N–H and O–H groups in total. The van der Waals surface area contributed by atoms with Crippen LogP contribution in [0, 0.1) is 5.41 Å². The topological polar surface area (TPSA) is 32.3 Å². The van der Waals surface area contributed by atoms with E-state index in [1.165, 1.54) is 16.7 Å². The molecule has 2 aliphatic rings. The zero-order valence-electron chi connectivity index (χ0n) is 13.1. The lowest BCUT2D eigenvalue weighted by Crippen LogP contribution is -2.59. The highest BCUT2D eigenvalue weighted by Gasteiger charge is 2.53. The highest BCUT2D eigenvalue weighted by molar-refractivity contribution is 5.43. The molecule has 4 rings (SSSR count). The van der Waals surface area contributed by atoms with Gasteiger partial charge in [0.15, 0.2) is 0 Å². The molecule has 0 spiro atoms. The summed E-state index contributed by atoms with van der Waals surface area (Å²) in [5, 5.41) is 13.6. The highest BCUT2D eigenvalue weighted by atomic mass is 16.3. The van der Waals surface area contributed by atoms with Gasteiger partial charge in [0.2, 0.25) is 0 Å². The molecule has 1 heterocycles. The molecule has 1 aliphatic heterocycles. The Bertz CT molecular complexity index is 710. The van der Waals surface area contributed by atoms with Gasteiger partial charge in [0.1, 0.15) is 5.75 Å². The summed E-state index contributed by atoms with van der Waals surface area (Å²) < 4.78 is 0. The number of fused-ring (bicyclic) bond motifs is 2. The molecule has 0 bridgehead atoms. The average Bonchev–Trinajstić information content (AvgIpc) is 2.52. The van der Waals surface area contributed by atoms with Gasteiger partial charge in [-0.1, -0.05) is 43.3 Å². The Hall–Kier alpha value is -1.80. The third kappa shape index (κ3) is 1.90. The van der Waals surface area contributed by atoms with Crippen LogP contribution in [0.2, 0.25) is 0 Å². The Kier molecular flexibility index (Phi) is 3.05. The van der Waals surface area contributed by atoms with Crippen molar-refractivity contribution in [3.8, 4) is 5.75 Å². The Labute approximate surface area is 132 Å². The Morgan fingerprint density at radius 1 is 1.00 bits per heavy atom. The van der Waals surface area contributed by atoms with Crippen LogP contribution in [0.3, 0.4) is 0 Å². The van der Waals surface area contributed by atoms with Gasteiger partial charge in [-0.3, -0.25) is 0 Å². The molecule has 22 heavy (non-hydrogen) atoms. The van der Waals surface area contributed by atoms with E-state index in [0.29, 0.717) is 5.75 Å². The van der Waals surface area contributed by atoms with Crippen LogP contribution in [-0.2, 0) is 18.3 Å². The Morgan fingerprint density at radius 2 is 1.77 bits per heavy atom. The summed E-state index contributed by atoms with van der Waals surface area (Å²) >= 11 is 0. The molecular formula is C20H23NO. The summed E-state index contributed by atoms with van der Waals surface area (Å²) in [4.78, 5) is 0. The third-order valence-electron chi connectivity index (χ3n) is 5.99. The quantitative estimate of drug-likeness (QED) is 0.844. The summed E-state index contributed by atoms with van der Waals surface area (Å²) in [5.74, 6) is 0.381. The monoisotopic (exact) mass is 293 g/mol. The molecule has 0 radical (unpaired) electrons. The maximum atomic E-state index is 9.99. The number of rotatable bonds is 1. The van der Waals surface area contributed by atoms with Crippen LogP contribution in [0.25, 0.3) is 0 Å². The second-order valence-corrected chi connectivity index (χ2v) is 7.24. The van der Waals surface area contributed by atoms with E-state index in [1.807, 2.05) is 12.1 Å². The first-order chi connectivity index (χ1) is 10.6.